The SMILES string of the molecule is CCc1ccc(C(O)c2ccc(F)cc2F)o1. The van der Waals surface area contributed by atoms with E-state index in [-0.39, 0.29) is 11.3 Å². The number of hydrogen-bond acceptors (Lipinski definition) is 2. The molecule has 0 spiro atoms. The van der Waals surface area contributed by atoms with Crippen molar-refractivity contribution in [2.75, 3.05) is 0 Å². The first kappa shape index (κ1) is 11.8. The maximum Gasteiger partial charge on any atom is 0.139 e. The van der Waals surface area contributed by atoms with Crippen LogP contribution >= 0.6 is 0 Å². The van der Waals surface area contributed by atoms with Crippen molar-refractivity contribution in [1.82, 2.24) is 0 Å². The van der Waals surface area contributed by atoms with Crippen LogP contribution in [-0.4, -0.2) is 5.11 Å². The Hall–Kier alpha value is -1.68. The summed E-state index contributed by atoms with van der Waals surface area (Å²) in [5, 5.41) is 9.92. The number of halogens is 2. The maximum atomic E-state index is 13.4. The highest BCUT2D eigenvalue weighted by atomic mass is 19.1. The van der Waals surface area contributed by atoms with Gasteiger partial charge in [0.2, 0.25) is 0 Å². The molecule has 0 saturated heterocycles. The Bertz CT molecular complexity index is 520. The minimum Gasteiger partial charge on any atom is -0.463 e. The van der Waals surface area contributed by atoms with Gasteiger partial charge in [-0.15, -0.1) is 0 Å². The average molecular weight is 238 g/mol. The van der Waals surface area contributed by atoms with E-state index in [1.807, 2.05) is 6.92 Å². The number of rotatable bonds is 3. The molecule has 1 unspecified atom stereocenters. The molecule has 2 aromatic rings. The third kappa shape index (κ3) is 2.36. The molecule has 0 aliphatic rings. The lowest BCUT2D eigenvalue weighted by Gasteiger charge is -2.09. The first-order valence-corrected chi connectivity index (χ1v) is 5.33. The third-order valence-corrected chi connectivity index (χ3v) is 2.56. The summed E-state index contributed by atoms with van der Waals surface area (Å²) in [6.45, 7) is 1.91. The van der Waals surface area contributed by atoms with E-state index in [1.54, 1.807) is 12.1 Å². The number of furan rings is 1. The van der Waals surface area contributed by atoms with Gasteiger partial charge < -0.3 is 9.52 Å². The van der Waals surface area contributed by atoms with E-state index in [9.17, 15) is 13.9 Å². The predicted molar refractivity (Wildman–Crippen MR) is 58.5 cm³/mol. The van der Waals surface area contributed by atoms with E-state index >= 15 is 0 Å². The first-order chi connectivity index (χ1) is 8.11. The minimum atomic E-state index is -1.21. The van der Waals surface area contributed by atoms with Gasteiger partial charge in [-0.2, -0.15) is 0 Å². The Balaban J connectivity index is 2.33. The van der Waals surface area contributed by atoms with Crippen molar-refractivity contribution in [3.8, 4) is 0 Å². The summed E-state index contributed by atoms with van der Waals surface area (Å²) in [5.74, 6) is -0.493. The van der Waals surface area contributed by atoms with Crippen molar-refractivity contribution >= 4 is 0 Å². The lowest BCUT2D eigenvalue weighted by molar-refractivity contribution is 0.182. The Labute approximate surface area is 97.5 Å². The Morgan fingerprint density at radius 2 is 2.00 bits per heavy atom. The van der Waals surface area contributed by atoms with Crippen LogP contribution in [0.1, 0.15) is 30.1 Å². The largest absolute Gasteiger partial charge is 0.463 e. The minimum absolute atomic E-state index is 0.00315. The molecule has 0 aliphatic heterocycles. The second kappa shape index (κ2) is 4.67. The standard InChI is InChI=1S/C13H12F2O2/c1-2-9-4-6-12(17-9)13(16)10-5-3-8(14)7-11(10)15/h3-7,13,16H,2H2,1H3. The van der Waals surface area contributed by atoms with Gasteiger partial charge in [-0.05, 0) is 18.2 Å². The molecule has 0 bridgehead atoms. The summed E-state index contributed by atoms with van der Waals surface area (Å²) in [5.41, 5.74) is 0.00315. The van der Waals surface area contributed by atoms with Gasteiger partial charge in [0, 0.05) is 18.1 Å². The van der Waals surface area contributed by atoms with Crippen LogP contribution in [-0.2, 0) is 6.42 Å². The molecular formula is C13H12F2O2. The van der Waals surface area contributed by atoms with Gasteiger partial charge in [0.25, 0.3) is 0 Å². The lowest BCUT2D eigenvalue weighted by Crippen LogP contribution is -2.01. The van der Waals surface area contributed by atoms with Crippen molar-refractivity contribution in [3.05, 3.63) is 59.1 Å². The Morgan fingerprint density at radius 3 is 2.59 bits per heavy atom. The van der Waals surface area contributed by atoms with Gasteiger partial charge in [-0.1, -0.05) is 13.0 Å². The van der Waals surface area contributed by atoms with Crippen LogP contribution in [0.5, 0.6) is 0 Å². The number of aliphatic hydroxyl groups is 1. The van der Waals surface area contributed by atoms with Crippen molar-refractivity contribution in [3.63, 3.8) is 0 Å². The summed E-state index contributed by atoms with van der Waals surface area (Å²) < 4.78 is 31.5. The van der Waals surface area contributed by atoms with E-state index in [2.05, 4.69) is 0 Å². The fraction of sp³-hybridized carbons (Fsp3) is 0.231. The highest BCUT2D eigenvalue weighted by molar-refractivity contribution is 5.27. The fourth-order valence-corrected chi connectivity index (χ4v) is 1.61. The van der Waals surface area contributed by atoms with Gasteiger partial charge in [-0.25, -0.2) is 8.78 Å². The van der Waals surface area contributed by atoms with Gasteiger partial charge in [-0.3, -0.25) is 0 Å². The molecule has 1 atom stereocenters. The zero-order chi connectivity index (χ0) is 12.4. The zero-order valence-corrected chi connectivity index (χ0v) is 9.28. The molecule has 0 radical (unpaired) electrons. The maximum absolute atomic E-state index is 13.4. The number of aliphatic hydroxyl groups excluding tert-OH is 1. The second-order valence-electron chi connectivity index (χ2n) is 3.73. The summed E-state index contributed by atoms with van der Waals surface area (Å²) in [6.07, 6.45) is -0.519. The zero-order valence-electron chi connectivity index (χ0n) is 9.28. The number of hydrogen-bond donors (Lipinski definition) is 1. The van der Waals surface area contributed by atoms with E-state index in [0.29, 0.717) is 12.2 Å². The number of aryl methyl sites for hydroxylation is 1. The summed E-state index contributed by atoms with van der Waals surface area (Å²) in [6, 6.07) is 6.36. The third-order valence-electron chi connectivity index (χ3n) is 2.56. The summed E-state index contributed by atoms with van der Waals surface area (Å²) in [7, 11) is 0. The molecule has 2 rings (SSSR count). The summed E-state index contributed by atoms with van der Waals surface area (Å²) in [4.78, 5) is 0. The van der Waals surface area contributed by atoms with E-state index in [4.69, 9.17) is 4.42 Å². The second-order valence-corrected chi connectivity index (χ2v) is 3.73. The Morgan fingerprint density at radius 1 is 1.24 bits per heavy atom. The Kier molecular flexibility index (Phi) is 3.24. The van der Waals surface area contributed by atoms with E-state index < -0.39 is 17.7 Å². The van der Waals surface area contributed by atoms with Crippen LogP contribution in [0.2, 0.25) is 0 Å². The molecule has 1 heterocycles. The number of benzene rings is 1. The van der Waals surface area contributed by atoms with E-state index in [0.717, 1.165) is 12.1 Å². The van der Waals surface area contributed by atoms with Crippen LogP contribution < -0.4 is 0 Å². The molecule has 0 aliphatic carbocycles. The van der Waals surface area contributed by atoms with Crippen LogP contribution in [0.3, 0.4) is 0 Å². The molecule has 2 nitrogen and oxygen atoms in total. The normalized spacial score (nSPS) is 12.7. The van der Waals surface area contributed by atoms with Gasteiger partial charge in [0.15, 0.2) is 0 Å². The molecule has 1 aromatic heterocycles. The summed E-state index contributed by atoms with van der Waals surface area (Å²) >= 11 is 0. The van der Waals surface area contributed by atoms with Crippen molar-refractivity contribution < 1.29 is 18.3 Å². The van der Waals surface area contributed by atoms with Crippen LogP contribution in [0, 0.1) is 11.6 Å². The van der Waals surface area contributed by atoms with Crippen LogP contribution in [0.15, 0.2) is 34.7 Å². The monoisotopic (exact) mass is 238 g/mol. The van der Waals surface area contributed by atoms with Crippen molar-refractivity contribution in [1.29, 1.82) is 0 Å². The van der Waals surface area contributed by atoms with Gasteiger partial charge in [0.1, 0.15) is 29.3 Å². The van der Waals surface area contributed by atoms with Crippen LogP contribution in [0.25, 0.3) is 0 Å². The molecule has 17 heavy (non-hydrogen) atoms. The molecule has 0 saturated carbocycles. The molecule has 0 fully saturated rings. The van der Waals surface area contributed by atoms with Crippen LogP contribution in [0.4, 0.5) is 8.78 Å². The molecule has 1 N–H and O–H groups in total. The van der Waals surface area contributed by atoms with Crippen molar-refractivity contribution in [2.24, 2.45) is 0 Å². The fourth-order valence-electron chi connectivity index (χ4n) is 1.61. The predicted octanol–water partition coefficient (Wildman–Crippen LogP) is 3.20. The topological polar surface area (TPSA) is 33.4 Å². The molecule has 90 valence electrons. The highest BCUT2D eigenvalue weighted by Gasteiger charge is 2.18. The first-order valence-electron chi connectivity index (χ1n) is 5.33. The molecule has 1 aromatic carbocycles. The van der Waals surface area contributed by atoms with E-state index in [1.165, 1.54) is 6.07 Å². The average Bonchev–Trinajstić information content (AvgIpc) is 2.76. The highest BCUT2D eigenvalue weighted by Crippen LogP contribution is 2.26. The molecular weight excluding hydrogens is 226 g/mol. The van der Waals surface area contributed by atoms with Gasteiger partial charge >= 0.3 is 0 Å². The smallest absolute Gasteiger partial charge is 0.139 e. The molecule has 0 amide bonds. The molecule has 4 heteroatoms. The quantitative estimate of drug-likeness (QED) is 0.890. The lowest BCUT2D eigenvalue weighted by atomic mass is 10.1. The van der Waals surface area contributed by atoms with Crippen molar-refractivity contribution in [2.45, 2.75) is 19.4 Å². The van der Waals surface area contributed by atoms with Gasteiger partial charge in [0.05, 0.1) is 0 Å².